The Balaban J connectivity index is 6.30. The Labute approximate surface area is 140 Å². The molecule has 0 bridgehead atoms. The summed E-state index contributed by atoms with van der Waals surface area (Å²) in [5.74, 6) is 0. The normalized spacial score (nSPS) is 17.8. The van der Waals surface area contributed by atoms with Crippen molar-refractivity contribution in [3.05, 3.63) is 0 Å². The maximum absolute atomic E-state index is 7.16. The highest BCUT2D eigenvalue weighted by Crippen LogP contribution is 2.66. The molecule has 0 amide bonds. The van der Waals surface area contributed by atoms with Gasteiger partial charge >= 0.3 is 0 Å². The fourth-order valence-electron chi connectivity index (χ4n) is 2.57. The summed E-state index contributed by atoms with van der Waals surface area (Å²) in [4.78, 5) is 0. The van der Waals surface area contributed by atoms with Gasteiger partial charge in [-0.3, -0.25) is 4.00 Å². The number of nitrogens with zero attached hydrogens (tertiary/aromatic N) is 2. The van der Waals surface area contributed by atoms with E-state index in [0.717, 1.165) is 0 Å². The van der Waals surface area contributed by atoms with Crippen LogP contribution in [0.25, 0.3) is 0 Å². The summed E-state index contributed by atoms with van der Waals surface area (Å²) in [6, 6.07) is 0. The van der Waals surface area contributed by atoms with Crippen molar-refractivity contribution in [2.45, 2.75) is 92.0 Å². The van der Waals surface area contributed by atoms with Crippen molar-refractivity contribution in [1.29, 1.82) is 0 Å². The fourth-order valence-corrected chi connectivity index (χ4v) is 24.1. The SMILES string of the molecule is CC(C)(C)N=P(Cl)(OC(C)(C)C)N([Si](C)(C)C)[Si](C)(C)C. The van der Waals surface area contributed by atoms with Crippen LogP contribution in [0, 0.1) is 0 Å². The molecular formula is C14H36ClN2OPSi2. The first-order chi connectivity index (χ1) is 8.78. The second-order valence-electron chi connectivity index (χ2n) is 9.60. The predicted molar refractivity (Wildman–Crippen MR) is 104 cm³/mol. The van der Waals surface area contributed by atoms with E-state index < -0.39 is 23.3 Å². The van der Waals surface area contributed by atoms with Crippen LogP contribution in [0.5, 0.6) is 0 Å². The van der Waals surface area contributed by atoms with Crippen LogP contribution in [-0.2, 0) is 4.52 Å². The number of rotatable bonds is 4. The van der Waals surface area contributed by atoms with Gasteiger partial charge in [0.15, 0.2) is 0 Å². The molecule has 0 aliphatic heterocycles. The van der Waals surface area contributed by atoms with Gasteiger partial charge in [0, 0.05) is 0 Å². The van der Waals surface area contributed by atoms with E-state index in [4.69, 9.17) is 20.5 Å². The smallest absolute Gasteiger partial charge is 0.234 e. The molecule has 0 radical (unpaired) electrons. The molecule has 0 heterocycles. The lowest BCUT2D eigenvalue weighted by atomic mass is 10.1. The van der Waals surface area contributed by atoms with Gasteiger partial charge in [0.2, 0.25) is 6.78 Å². The zero-order chi connectivity index (χ0) is 17.5. The molecular weight excluding hydrogens is 335 g/mol. The maximum atomic E-state index is 7.16. The molecule has 0 aromatic carbocycles. The number of hydrogen-bond acceptors (Lipinski definition) is 2. The van der Waals surface area contributed by atoms with Crippen LogP contribution in [0.2, 0.25) is 39.3 Å². The molecule has 3 nitrogen and oxygen atoms in total. The third-order valence-electron chi connectivity index (χ3n) is 2.33. The standard InChI is InChI=1S/C14H36ClN2OPSi2/c1-13(2,3)16-19(15,18-14(4,5)6)17(20(7,8)9)21(10,11)12/h1-12H3. The first kappa shape index (κ1) is 21.9. The Morgan fingerprint density at radius 1 is 0.857 bits per heavy atom. The van der Waals surface area contributed by atoms with E-state index >= 15 is 0 Å². The predicted octanol–water partition coefficient (Wildman–Crippen LogP) is 6.76. The van der Waals surface area contributed by atoms with Gasteiger partial charge in [-0.05, 0) is 52.8 Å². The van der Waals surface area contributed by atoms with E-state index in [1.165, 1.54) is 0 Å². The molecule has 0 fully saturated rings. The molecule has 0 spiro atoms. The highest BCUT2D eigenvalue weighted by Gasteiger charge is 2.46. The first-order valence-electron chi connectivity index (χ1n) is 7.63. The minimum Gasteiger partial charge on any atom is -0.316 e. The van der Waals surface area contributed by atoms with Crippen LogP contribution in [0.15, 0.2) is 4.74 Å². The molecule has 0 aromatic rings. The lowest BCUT2D eigenvalue weighted by Gasteiger charge is -2.49. The summed E-state index contributed by atoms with van der Waals surface area (Å²) < 4.78 is 14.0. The molecule has 0 saturated carbocycles. The highest BCUT2D eigenvalue weighted by atomic mass is 35.7. The van der Waals surface area contributed by atoms with Crippen LogP contribution >= 0.6 is 18.0 Å². The average molecular weight is 371 g/mol. The summed E-state index contributed by atoms with van der Waals surface area (Å²) in [6.07, 6.45) is 0. The molecule has 0 aliphatic rings. The van der Waals surface area contributed by atoms with Crippen LogP contribution in [0.3, 0.4) is 0 Å². The summed E-state index contributed by atoms with van der Waals surface area (Å²) in [6.45, 7) is 24.0. The van der Waals surface area contributed by atoms with Crippen molar-refractivity contribution < 1.29 is 4.52 Å². The topological polar surface area (TPSA) is 24.8 Å². The summed E-state index contributed by atoms with van der Waals surface area (Å²) in [5, 5.41) is 0. The number of halogens is 1. The zero-order valence-electron chi connectivity index (χ0n) is 16.1. The Morgan fingerprint density at radius 2 is 1.19 bits per heavy atom. The van der Waals surface area contributed by atoms with Gasteiger partial charge in [-0.1, -0.05) is 39.3 Å². The minimum atomic E-state index is -2.51. The average Bonchev–Trinajstić information content (AvgIpc) is 1.83. The Kier molecular flexibility index (Phi) is 6.67. The van der Waals surface area contributed by atoms with E-state index in [0.29, 0.717) is 0 Å². The first-order valence-corrected chi connectivity index (χ1v) is 17.0. The molecule has 0 aromatic heterocycles. The summed E-state index contributed by atoms with van der Waals surface area (Å²) >= 11 is 7.16. The van der Waals surface area contributed by atoms with E-state index in [9.17, 15) is 0 Å². The molecule has 7 heteroatoms. The largest absolute Gasteiger partial charge is 0.316 e. The molecule has 1 unspecified atom stereocenters. The van der Waals surface area contributed by atoms with Crippen molar-refractivity contribution in [2.75, 3.05) is 0 Å². The molecule has 1 atom stereocenters. The van der Waals surface area contributed by atoms with Gasteiger partial charge in [0.1, 0.15) is 16.5 Å². The number of hydrogen-bond donors (Lipinski definition) is 0. The maximum Gasteiger partial charge on any atom is 0.234 e. The highest BCUT2D eigenvalue weighted by molar-refractivity contribution is 7.88. The lowest BCUT2D eigenvalue weighted by Crippen LogP contribution is -2.56. The fraction of sp³-hybridized carbons (Fsp3) is 1.00. The van der Waals surface area contributed by atoms with Crippen molar-refractivity contribution in [2.24, 2.45) is 4.74 Å². The Bertz CT molecular complexity index is 401. The summed E-state index contributed by atoms with van der Waals surface area (Å²) in [5.41, 5.74) is -0.514. The van der Waals surface area contributed by atoms with Crippen molar-refractivity contribution in [3.63, 3.8) is 0 Å². The van der Waals surface area contributed by atoms with E-state index in [-0.39, 0.29) is 11.1 Å². The van der Waals surface area contributed by atoms with E-state index in [1.54, 1.807) is 0 Å². The minimum absolute atomic E-state index is 0.210. The van der Waals surface area contributed by atoms with Gasteiger partial charge in [-0.15, -0.1) is 0 Å². The van der Waals surface area contributed by atoms with Crippen molar-refractivity contribution in [1.82, 2.24) is 4.00 Å². The van der Waals surface area contributed by atoms with Gasteiger partial charge in [-0.25, -0.2) is 4.74 Å². The van der Waals surface area contributed by atoms with Gasteiger partial charge < -0.3 is 4.52 Å². The molecule has 21 heavy (non-hydrogen) atoms. The third-order valence-corrected chi connectivity index (χ3v) is 17.9. The second-order valence-corrected chi connectivity index (χ2v) is 23.4. The third kappa shape index (κ3) is 7.80. The molecule has 0 aliphatic carbocycles. The quantitative estimate of drug-likeness (QED) is 0.403. The van der Waals surface area contributed by atoms with Crippen molar-refractivity contribution in [3.8, 4) is 0 Å². The molecule has 128 valence electrons. The second kappa shape index (κ2) is 6.41. The van der Waals surface area contributed by atoms with Crippen LogP contribution in [0.1, 0.15) is 41.5 Å². The molecule has 0 N–H and O–H groups in total. The van der Waals surface area contributed by atoms with E-state index in [2.05, 4.69) is 84.8 Å². The van der Waals surface area contributed by atoms with Gasteiger partial charge in [-0.2, -0.15) is 0 Å². The summed E-state index contributed by atoms with van der Waals surface area (Å²) in [7, 11) is -3.33. The van der Waals surface area contributed by atoms with Gasteiger partial charge in [0.05, 0.1) is 11.1 Å². The molecule has 0 saturated heterocycles. The van der Waals surface area contributed by atoms with Crippen LogP contribution < -0.4 is 0 Å². The van der Waals surface area contributed by atoms with Crippen LogP contribution in [-0.4, -0.2) is 31.6 Å². The lowest BCUT2D eigenvalue weighted by molar-refractivity contribution is 0.145. The van der Waals surface area contributed by atoms with E-state index in [1.807, 2.05) is 0 Å². The monoisotopic (exact) mass is 370 g/mol. The zero-order valence-corrected chi connectivity index (χ0v) is 19.8. The van der Waals surface area contributed by atoms with Crippen LogP contribution in [0.4, 0.5) is 0 Å². The molecule has 0 rings (SSSR count). The van der Waals surface area contributed by atoms with Gasteiger partial charge in [0.25, 0.3) is 0 Å². The Morgan fingerprint density at radius 3 is 1.38 bits per heavy atom. The van der Waals surface area contributed by atoms with Crippen molar-refractivity contribution >= 4 is 34.5 Å². The Hall–Kier alpha value is 0.874.